The van der Waals surface area contributed by atoms with Crippen LogP contribution in [0, 0.1) is 0 Å². The molecule has 1 aromatic carbocycles. The molecule has 106 valence electrons. The smallest absolute Gasteiger partial charge is 0.330 e. The average Bonchev–Trinajstić information content (AvgIpc) is 2.61. The number of hydrogen-bond donors (Lipinski definition) is 0. The minimum atomic E-state index is -0.281. The molecule has 0 aromatic heterocycles. The molecule has 0 radical (unpaired) electrons. The highest BCUT2D eigenvalue weighted by molar-refractivity contribution is 5.93. The number of benzene rings is 1. The summed E-state index contributed by atoms with van der Waals surface area (Å²) in [6, 6.07) is 8.43. The second-order valence-electron chi connectivity index (χ2n) is 5.49. The Hall–Kier alpha value is -1.90. The first-order valence-electron chi connectivity index (χ1n) is 7.03. The summed E-state index contributed by atoms with van der Waals surface area (Å²) in [6.07, 6.45) is 3.37. The van der Waals surface area contributed by atoms with Crippen molar-refractivity contribution in [3.63, 3.8) is 0 Å². The molecule has 0 fully saturated rings. The molecule has 2 rings (SSSR count). The molecule has 0 atom stereocenters. The summed E-state index contributed by atoms with van der Waals surface area (Å²) in [7, 11) is 0. The molecular formula is C17H22NO2+. The Kier molecular flexibility index (Phi) is 4.07. The van der Waals surface area contributed by atoms with Crippen molar-refractivity contribution in [2.75, 3.05) is 13.2 Å². The van der Waals surface area contributed by atoms with Crippen molar-refractivity contribution in [3.8, 4) is 0 Å². The van der Waals surface area contributed by atoms with E-state index in [4.69, 9.17) is 4.74 Å². The highest BCUT2D eigenvalue weighted by Crippen LogP contribution is 2.38. The van der Waals surface area contributed by atoms with Crippen LogP contribution in [-0.2, 0) is 14.9 Å². The van der Waals surface area contributed by atoms with Crippen molar-refractivity contribution in [1.29, 1.82) is 0 Å². The van der Waals surface area contributed by atoms with E-state index in [0.717, 1.165) is 0 Å². The lowest BCUT2D eigenvalue weighted by atomic mass is 9.82. The van der Waals surface area contributed by atoms with Gasteiger partial charge in [-0.05, 0) is 26.8 Å². The lowest BCUT2D eigenvalue weighted by Crippen LogP contribution is -2.26. The van der Waals surface area contributed by atoms with Gasteiger partial charge in [0.05, 0.1) is 12.0 Å². The molecular weight excluding hydrogens is 250 g/mol. The van der Waals surface area contributed by atoms with Gasteiger partial charge in [-0.15, -0.1) is 0 Å². The third-order valence-electron chi connectivity index (χ3n) is 4.01. The highest BCUT2D eigenvalue weighted by atomic mass is 16.5. The molecule has 0 saturated heterocycles. The van der Waals surface area contributed by atoms with Gasteiger partial charge in [0.1, 0.15) is 0 Å². The van der Waals surface area contributed by atoms with E-state index < -0.39 is 0 Å². The third kappa shape index (κ3) is 2.53. The zero-order valence-corrected chi connectivity index (χ0v) is 12.6. The summed E-state index contributed by atoms with van der Waals surface area (Å²) in [4.78, 5) is 11.3. The van der Waals surface area contributed by atoms with Crippen LogP contribution in [0.1, 0.15) is 33.3 Å². The van der Waals surface area contributed by atoms with Crippen LogP contribution in [0.2, 0.25) is 0 Å². The normalized spacial score (nSPS) is 16.6. The number of carbonyl (C=O) groups is 1. The number of ether oxygens (including phenoxy) is 1. The molecule has 0 aliphatic carbocycles. The first-order chi connectivity index (χ1) is 9.48. The SMILES string of the molecule is CCOC(=O)/C=C/C[N+]1=C(C)C(C)(C)c2ccccc21. The van der Waals surface area contributed by atoms with Gasteiger partial charge in [0.2, 0.25) is 5.69 Å². The summed E-state index contributed by atoms with van der Waals surface area (Å²) in [5, 5.41) is 0. The van der Waals surface area contributed by atoms with Crippen LogP contribution in [0.25, 0.3) is 0 Å². The van der Waals surface area contributed by atoms with E-state index in [1.807, 2.05) is 13.0 Å². The molecule has 3 nitrogen and oxygen atoms in total. The Morgan fingerprint density at radius 1 is 1.35 bits per heavy atom. The van der Waals surface area contributed by atoms with Gasteiger partial charge in [-0.1, -0.05) is 18.2 Å². The minimum absolute atomic E-state index is 0.0361. The molecule has 1 heterocycles. The second-order valence-corrected chi connectivity index (χ2v) is 5.49. The van der Waals surface area contributed by atoms with E-state index in [1.54, 1.807) is 0 Å². The number of esters is 1. The lowest BCUT2D eigenvalue weighted by molar-refractivity contribution is -0.426. The fraction of sp³-hybridized carbons (Fsp3) is 0.412. The van der Waals surface area contributed by atoms with Gasteiger partial charge in [-0.25, -0.2) is 4.79 Å². The summed E-state index contributed by atoms with van der Waals surface area (Å²) in [5.74, 6) is -0.281. The zero-order chi connectivity index (χ0) is 14.8. The first-order valence-corrected chi connectivity index (χ1v) is 7.03. The molecule has 1 aliphatic heterocycles. The summed E-state index contributed by atoms with van der Waals surface area (Å²) < 4.78 is 7.15. The lowest BCUT2D eigenvalue weighted by Gasteiger charge is -2.14. The van der Waals surface area contributed by atoms with Crippen molar-refractivity contribution in [3.05, 3.63) is 42.0 Å². The Bertz CT molecular complexity index is 582. The van der Waals surface area contributed by atoms with Gasteiger partial charge in [0.15, 0.2) is 12.3 Å². The van der Waals surface area contributed by atoms with Crippen molar-refractivity contribution in [2.24, 2.45) is 0 Å². The molecule has 20 heavy (non-hydrogen) atoms. The molecule has 0 N–H and O–H groups in total. The second kappa shape index (κ2) is 5.61. The van der Waals surface area contributed by atoms with Gasteiger partial charge in [0.25, 0.3) is 0 Å². The molecule has 0 amide bonds. The third-order valence-corrected chi connectivity index (χ3v) is 4.01. The van der Waals surface area contributed by atoms with Gasteiger partial charge >= 0.3 is 5.97 Å². The summed E-state index contributed by atoms with van der Waals surface area (Å²) >= 11 is 0. The first kappa shape index (κ1) is 14.5. The van der Waals surface area contributed by atoms with Crippen LogP contribution in [-0.4, -0.2) is 29.4 Å². The number of carbonyl (C=O) groups excluding carboxylic acids is 1. The van der Waals surface area contributed by atoms with Crippen molar-refractivity contribution >= 4 is 17.4 Å². The number of nitrogens with zero attached hydrogens (tertiary/aromatic N) is 1. The van der Waals surface area contributed by atoms with Gasteiger partial charge in [-0.3, -0.25) is 0 Å². The molecule has 1 aromatic rings. The Morgan fingerprint density at radius 3 is 2.75 bits per heavy atom. The zero-order valence-electron chi connectivity index (χ0n) is 12.6. The van der Waals surface area contributed by atoms with E-state index in [9.17, 15) is 4.79 Å². The van der Waals surface area contributed by atoms with E-state index in [2.05, 4.69) is 49.6 Å². The highest BCUT2D eigenvalue weighted by Gasteiger charge is 2.42. The fourth-order valence-corrected chi connectivity index (χ4v) is 2.63. The van der Waals surface area contributed by atoms with Gasteiger partial charge in [-0.2, -0.15) is 4.58 Å². The number of fused-ring (bicyclic) bond motifs is 1. The van der Waals surface area contributed by atoms with E-state index in [-0.39, 0.29) is 11.4 Å². The Balaban J connectivity index is 2.24. The minimum Gasteiger partial charge on any atom is -0.463 e. The standard InChI is InChI=1S/C17H22NO2/c1-5-20-16(19)11-8-12-18-13(2)17(3,4)14-9-6-7-10-15(14)18/h6-11H,5,12H2,1-4H3/q+1/b11-8+. The molecule has 3 heteroatoms. The molecule has 0 spiro atoms. The summed E-state index contributed by atoms with van der Waals surface area (Å²) in [5.41, 5.74) is 3.90. The average molecular weight is 272 g/mol. The Labute approximate surface area is 120 Å². The molecule has 0 saturated carbocycles. The summed E-state index contributed by atoms with van der Waals surface area (Å²) in [6.45, 7) is 9.52. The van der Waals surface area contributed by atoms with Gasteiger partial charge in [0, 0.05) is 24.6 Å². The van der Waals surface area contributed by atoms with Crippen LogP contribution in [0.3, 0.4) is 0 Å². The van der Waals surface area contributed by atoms with E-state index in [1.165, 1.54) is 23.0 Å². The number of para-hydroxylation sites is 1. The van der Waals surface area contributed by atoms with E-state index >= 15 is 0 Å². The number of rotatable bonds is 4. The molecule has 1 aliphatic rings. The van der Waals surface area contributed by atoms with Crippen molar-refractivity contribution in [2.45, 2.75) is 33.1 Å². The largest absolute Gasteiger partial charge is 0.463 e. The number of hydrogen-bond acceptors (Lipinski definition) is 2. The van der Waals surface area contributed by atoms with E-state index in [0.29, 0.717) is 13.2 Å². The topological polar surface area (TPSA) is 29.3 Å². The van der Waals surface area contributed by atoms with Crippen LogP contribution >= 0.6 is 0 Å². The van der Waals surface area contributed by atoms with Crippen LogP contribution in [0.4, 0.5) is 5.69 Å². The molecule has 0 unspecified atom stereocenters. The Morgan fingerprint density at radius 2 is 2.05 bits per heavy atom. The van der Waals surface area contributed by atoms with Crippen LogP contribution < -0.4 is 0 Å². The van der Waals surface area contributed by atoms with Crippen LogP contribution in [0.15, 0.2) is 36.4 Å². The monoisotopic (exact) mass is 272 g/mol. The predicted octanol–water partition coefficient (Wildman–Crippen LogP) is 3.20. The maximum atomic E-state index is 11.3. The van der Waals surface area contributed by atoms with Crippen molar-refractivity contribution < 1.29 is 14.1 Å². The van der Waals surface area contributed by atoms with Crippen molar-refractivity contribution in [1.82, 2.24) is 0 Å². The van der Waals surface area contributed by atoms with Gasteiger partial charge < -0.3 is 4.74 Å². The fourth-order valence-electron chi connectivity index (χ4n) is 2.63. The van der Waals surface area contributed by atoms with Crippen LogP contribution in [0.5, 0.6) is 0 Å². The quantitative estimate of drug-likeness (QED) is 0.478. The molecule has 0 bridgehead atoms. The maximum Gasteiger partial charge on any atom is 0.330 e. The maximum absolute atomic E-state index is 11.3. The predicted molar refractivity (Wildman–Crippen MR) is 80.7 cm³/mol.